The maximum absolute atomic E-state index is 2.72. The van der Waals surface area contributed by atoms with Gasteiger partial charge in [0.1, 0.15) is 0 Å². The van der Waals surface area contributed by atoms with E-state index in [9.17, 15) is 0 Å². The molecule has 2 unspecified atom stereocenters. The minimum atomic E-state index is 0.897. The molecule has 0 heterocycles. The zero-order valence-corrected chi connectivity index (χ0v) is 12.8. The Morgan fingerprint density at radius 3 is 1.29 bits per heavy atom. The first-order valence-corrected chi connectivity index (χ1v) is 8.13. The molecule has 0 rings (SSSR count). The van der Waals surface area contributed by atoms with Crippen molar-refractivity contribution < 1.29 is 0 Å². The molecule has 0 saturated carbocycles. The van der Waals surface area contributed by atoms with Gasteiger partial charge in [0.15, 0.2) is 0 Å². The third-order valence-electron chi connectivity index (χ3n) is 3.72. The Kier molecular flexibility index (Phi) is 12.5. The standard InChI is InChI=1S/C17H35/c1-5-9-13-16(11-7-3)15-17(12-8-4)14-10-6-2/h15-17H,5-14H2,1-4H3. The predicted octanol–water partition coefficient (Wildman–Crippen LogP) is 6.40. The Labute approximate surface area is 111 Å². The van der Waals surface area contributed by atoms with Crippen LogP contribution in [0.3, 0.4) is 0 Å². The molecule has 0 nitrogen and oxygen atoms in total. The van der Waals surface area contributed by atoms with Crippen molar-refractivity contribution in [3.05, 3.63) is 6.42 Å². The van der Waals surface area contributed by atoms with E-state index < -0.39 is 0 Å². The molecule has 0 aromatic carbocycles. The first-order valence-electron chi connectivity index (χ1n) is 8.13. The highest BCUT2D eigenvalue weighted by Gasteiger charge is 2.15. The van der Waals surface area contributed by atoms with Gasteiger partial charge < -0.3 is 0 Å². The van der Waals surface area contributed by atoms with Crippen molar-refractivity contribution in [3.8, 4) is 0 Å². The second-order valence-electron chi connectivity index (χ2n) is 5.57. The van der Waals surface area contributed by atoms with Crippen LogP contribution in [0.5, 0.6) is 0 Å². The van der Waals surface area contributed by atoms with Crippen molar-refractivity contribution in [2.24, 2.45) is 11.8 Å². The lowest BCUT2D eigenvalue weighted by Gasteiger charge is -2.22. The molecule has 0 N–H and O–H groups in total. The molecule has 0 aromatic rings. The molecule has 1 radical (unpaired) electrons. The highest BCUT2D eigenvalue weighted by Crippen LogP contribution is 2.27. The maximum atomic E-state index is 2.72. The van der Waals surface area contributed by atoms with Gasteiger partial charge in [-0.05, 0) is 18.3 Å². The average Bonchev–Trinajstić information content (AvgIpc) is 2.33. The van der Waals surface area contributed by atoms with Gasteiger partial charge in [-0.15, -0.1) is 0 Å². The van der Waals surface area contributed by atoms with Gasteiger partial charge in [0, 0.05) is 0 Å². The summed E-state index contributed by atoms with van der Waals surface area (Å²) in [7, 11) is 0. The number of unbranched alkanes of at least 4 members (excludes halogenated alkanes) is 2. The molecule has 0 saturated heterocycles. The van der Waals surface area contributed by atoms with E-state index in [4.69, 9.17) is 0 Å². The molecule has 103 valence electrons. The fraction of sp³-hybridized carbons (Fsp3) is 0.941. The number of hydrogen-bond donors (Lipinski definition) is 0. The van der Waals surface area contributed by atoms with Gasteiger partial charge in [-0.2, -0.15) is 0 Å². The van der Waals surface area contributed by atoms with Crippen LogP contribution in [0, 0.1) is 18.3 Å². The van der Waals surface area contributed by atoms with E-state index in [1.807, 2.05) is 0 Å². The van der Waals surface area contributed by atoms with Crippen molar-refractivity contribution in [2.45, 2.75) is 91.9 Å². The van der Waals surface area contributed by atoms with Gasteiger partial charge in [0.2, 0.25) is 0 Å². The molecular weight excluding hydrogens is 204 g/mol. The van der Waals surface area contributed by atoms with E-state index in [0.717, 1.165) is 11.8 Å². The summed E-state index contributed by atoms with van der Waals surface area (Å²) in [4.78, 5) is 0. The SMILES string of the molecule is CCCCC([CH]C(CCC)CCCC)CCC. The molecule has 0 amide bonds. The number of hydrogen-bond acceptors (Lipinski definition) is 0. The van der Waals surface area contributed by atoms with Crippen molar-refractivity contribution in [2.75, 3.05) is 0 Å². The summed E-state index contributed by atoms with van der Waals surface area (Å²) in [5, 5.41) is 0. The molecule has 2 atom stereocenters. The molecule has 0 aliphatic heterocycles. The smallest absolute Gasteiger partial charge is 0.0324 e. The molecule has 0 bridgehead atoms. The highest BCUT2D eigenvalue weighted by atomic mass is 14.2. The van der Waals surface area contributed by atoms with Gasteiger partial charge in [-0.3, -0.25) is 0 Å². The van der Waals surface area contributed by atoms with Gasteiger partial charge in [-0.25, -0.2) is 0 Å². The lowest BCUT2D eigenvalue weighted by Crippen LogP contribution is -2.10. The lowest BCUT2D eigenvalue weighted by atomic mass is 9.83. The quantitative estimate of drug-likeness (QED) is 0.369. The summed E-state index contributed by atoms with van der Waals surface area (Å²) in [6.45, 7) is 9.27. The Morgan fingerprint density at radius 1 is 0.588 bits per heavy atom. The van der Waals surface area contributed by atoms with Crippen LogP contribution < -0.4 is 0 Å². The summed E-state index contributed by atoms with van der Waals surface area (Å²) in [6.07, 6.45) is 16.6. The van der Waals surface area contributed by atoms with E-state index in [1.54, 1.807) is 0 Å². The van der Waals surface area contributed by atoms with Crippen LogP contribution in [0.2, 0.25) is 0 Å². The van der Waals surface area contributed by atoms with E-state index >= 15 is 0 Å². The second kappa shape index (κ2) is 12.5. The van der Waals surface area contributed by atoms with Crippen molar-refractivity contribution in [3.63, 3.8) is 0 Å². The van der Waals surface area contributed by atoms with Crippen LogP contribution in [0.15, 0.2) is 0 Å². The molecule has 17 heavy (non-hydrogen) atoms. The van der Waals surface area contributed by atoms with Crippen molar-refractivity contribution in [1.29, 1.82) is 0 Å². The summed E-state index contributed by atoms with van der Waals surface area (Å²) in [5.41, 5.74) is 0. The Hall–Kier alpha value is 0. The zero-order valence-electron chi connectivity index (χ0n) is 12.8. The Balaban J connectivity index is 4.02. The normalized spacial score (nSPS) is 14.8. The number of rotatable bonds is 12. The lowest BCUT2D eigenvalue weighted by molar-refractivity contribution is 0.386. The highest BCUT2D eigenvalue weighted by molar-refractivity contribution is 4.83. The topological polar surface area (TPSA) is 0 Å². The molecule has 0 heteroatoms. The van der Waals surface area contributed by atoms with E-state index in [0.29, 0.717) is 0 Å². The fourth-order valence-electron chi connectivity index (χ4n) is 2.73. The van der Waals surface area contributed by atoms with Gasteiger partial charge >= 0.3 is 0 Å². The third-order valence-corrected chi connectivity index (χ3v) is 3.72. The predicted molar refractivity (Wildman–Crippen MR) is 80.1 cm³/mol. The van der Waals surface area contributed by atoms with Gasteiger partial charge in [0.25, 0.3) is 0 Å². The van der Waals surface area contributed by atoms with Crippen LogP contribution in [0.1, 0.15) is 91.9 Å². The monoisotopic (exact) mass is 239 g/mol. The van der Waals surface area contributed by atoms with E-state index in [1.165, 1.54) is 64.2 Å². The van der Waals surface area contributed by atoms with Crippen LogP contribution in [-0.4, -0.2) is 0 Å². The van der Waals surface area contributed by atoms with Gasteiger partial charge in [-0.1, -0.05) is 91.9 Å². The average molecular weight is 239 g/mol. The van der Waals surface area contributed by atoms with Crippen molar-refractivity contribution >= 4 is 0 Å². The van der Waals surface area contributed by atoms with Crippen molar-refractivity contribution in [1.82, 2.24) is 0 Å². The van der Waals surface area contributed by atoms with Crippen LogP contribution in [0.25, 0.3) is 0 Å². The second-order valence-corrected chi connectivity index (χ2v) is 5.57. The summed E-state index contributed by atoms with van der Waals surface area (Å²) >= 11 is 0. The summed E-state index contributed by atoms with van der Waals surface area (Å²) in [6, 6.07) is 0. The maximum Gasteiger partial charge on any atom is -0.0324 e. The third kappa shape index (κ3) is 9.68. The van der Waals surface area contributed by atoms with Crippen LogP contribution in [0.4, 0.5) is 0 Å². The Morgan fingerprint density at radius 2 is 1.00 bits per heavy atom. The largest absolute Gasteiger partial charge is 0.0654 e. The van der Waals surface area contributed by atoms with Crippen LogP contribution >= 0.6 is 0 Å². The molecule has 0 aliphatic rings. The van der Waals surface area contributed by atoms with Gasteiger partial charge in [0.05, 0.1) is 0 Å². The van der Waals surface area contributed by atoms with E-state index in [2.05, 4.69) is 34.1 Å². The molecule has 0 aromatic heterocycles. The summed E-state index contributed by atoms with van der Waals surface area (Å²) < 4.78 is 0. The molecule has 0 spiro atoms. The minimum absolute atomic E-state index is 0.897. The molecule has 0 aliphatic carbocycles. The fourth-order valence-corrected chi connectivity index (χ4v) is 2.73. The molecular formula is C17H35. The minimum Gasteiger partial charge on any atom is -0.0654 e. The first-order chi connectivity index (χ1) is 8.28. The van der Waals surface area contributed by atoms with E-state index in [-0.39, 0.29) is 0 Å². The Bertz CT molecular complexity index is 123. The molecule has 0 fully saturated rings. The van der Waals surface area contributed by atoms with Crippen LogP contribution in [-0.2, 0) is 0 Å². The zero-order chi connectivity index (χ0) is 12.9. The summed E-state index contributed by atoms with van der Waals surface area (Å²) in [5.74, 6) is 1.79. The first kappa shape index (κ1) is 17.0.